The van der Waals surface area contributed by atoms with Gasteiger partial charge in [0.15, 0.2) is 0 Å². The normalized spacial score (nSPS) is 11.5. The Morgan fingerprint density at radius 3 is 2.67 bits per heavy atom. The van der Waals surface area contributed by atoms with Gasteiger partial charge in [-0.25, -0.2) is 8.42 Å². The van der Waals surface area contributed by atoms with Gasteiger partial charge in [0.25, 0.3) is 0 Å². The second-order valence-electron chi connectivity index (χ2n) is 3.80. The lowest BCUT2D eigenvalue weighted by Gasteiger charge is -2.13. The standard InChI is InChI=1S/C11H17BrN2O3S/c1-3-17-4-5-18(15,16)14-11-8(2)6-9(12)7-10(11)13/h6-7,14H,3-5,13H2,1-2H3. The number of hydrogen-bond donors (Lipinski definition) is 2. The number of rotatable bonds is 6. The van der Waals surface area contributed by atoms with Gasteiger partial charge >= 0.3 is 0 Å². The molecule has 0 spiro atoms. The third-order valence-corrected chi connectivity index (χ3v) is 3.97. The smallest absolute Gasteiger partial charge is 0.235 e. The van der Waals surface area contributed by atoms with E-state index in [0.717, 1.165) is 10.0 Å². The van der Waals surface area contributed by atoms with Crippen LogP contribution in [0.25, 0.3) is 0 Å². The van der Waals surface area contributed by atoms with E-state index in [1.54, 1.807) is 19.1 Å². The summed E-state index contributed by atoms with van der Waals surface area (Å²) in [4.78, 5) is 0. The Morgan fingerprint density at radius 1 is 1.44 bits per heavy atom. The Hall–Kier alpha value is -0.790. The number of nitrogens with two attached hydrogens (primary N) is 1. The van der Waals surface area contributed by atoms with E-state index in [9.17, 15) is 8.42 Å². The van der Waals surface area contributed by atoms with Crippen molar-refractivity contribution in [3.8, 4) is 0 Å². The van der Waals surface area contributed by atoms with Crippen LogP contribution in [0.2, 0.25) is 0 Å². The number of anilines is 2. The molecule has 0 aromatic heterocycles. The minimum atomic E-state index is -3.44. The van der Waals surface area contributed by atoms with Crippen molar-refractivity contribution in [1.82, 2.24) is 0 Å². The first-order valence-corrected chi connectivity index (χ1v) is 7.94. The maximum absolute atomic E-state index is 11.8. The summed E-state index contributed by atoms with van der Waals surface area (Å²) in [5.41, 5.74) is 7.38. The molecule has 0 aliphatic carbocycles. The first-order chi connectivity index (χ1) is 8.35. The first-order valence-electron chi connectivity index (χ1n) is 5.49. The Balaban J connectivity index is 2.84. The molecule has 102 valence electrons. The largest absolute Gasteiger partial charge is 0.397 e. The van der Waals surface area contributed by atoms with Gasteiger partial charge in [-0.1, -0.05) is 15.9 Å². The Morgan fingerprint density at radius 2 is 2.11 bits per heavy atom. The second-order valence-corrected chi connectivity index (χ2v) is 6.56. The Labute approximate surface area is 116 Å². The molecule has 0 aliphatic heterocycles. The summed E-state index contributed by atoms with van der Waals surface area (Å²) in [7, 11) is -3.44. The molecule has 0 aliphatic rings. The predicted molar refractivity (Wildman–Crippen MR) is 77.2 cm³/mol. The van der Waals surface area contributed by atoms with Crippen LogP contribution < -0.4 is 10.5 Å². The molecule has 0 radical (unpaired) electrons. The lowest BCUT2D eigenvalue weighted by atomic mass is 10.2. The lowest BCUT2D eigenvalue weighted by molar-refractivity contribution is 0.163. The molecule has 1 rings (SSSR count). The molecule has 0 atom stereocenters. The zero-order valence-electron chi connectivity index (χ0n) is 10.4. The van der Waals surface area contributed by atoms with Crippen molar-refractivity contribution >= 4 is 37.3 Å². The minimum absolute atomic E-state index is 0.0875. The summed E-state index contributed by atoms with van der Waals surface area (Å²) in [6, 6.07) is 3.46. The van der Waals surface area contributed by atoms with Crippen molar-refractivity contribution in [3.05, 3.63) is 22.2 Å². The van der Waals surface area contributed by atoms with Crippen LogP contribution >= 0.6 is 15.9 Å². The van der Waals surface area contributed by atoms with Gasteiger partial charge in [-0.05, 0) is 31.5 Å². The molecule has 0 bridgehead atoms. The lowest BCUT2D eigenvalue weighted by Crippen LogP contribution is -2.21. The summed E-state index contributed by atoms with van der Waals surface area (Å²) in [6.07, 6.45) is 0. The number of nitrogens with one attached hydrogen (secondary N) is 1. The van der Waals surface area contributed by atoms with Crippen molar-refractivity contribution in [2.75, 3.05) is 29.4 Å². The number of ether oxygens (including phenoxy) is 1. The van der Waals surface area contributed by atoms with Crippen LogP contribution in [0, 0.1) is 6.92 Å². The van der Waals surface area contributed by atoms with Gasteiger partial charge in [0, 0.05) is 11.1 Å². The molecule has 5 nitrogen and oxygen atoms in total. The van der Waals surface area contributed by atoms with Crippen LogP contribution in [0.3, 0.4) is 0 Å². The molecule has 1 aromatic carbocycles. The molecule has 0 saturated carbocycles. The van der Waals surface area contributed by atoms with Gasteiger partial charge in [0.05, 0.1) is 23.7 Å². The number of benzene rings is 1. The van der Waals surface area contributed by atoms with Crippen molar-refractivity contribution < 1.29 is 13.2 Å². The van der Waals surface area contributed by atoms with Crippen LogP contribution in [-0.4, -0.2) is 27.4 Å². The maximum atomic E-state index is 11.8. The third kappa shape index (κ3) is 4.47. The predicted octanol–water partition coefficient (Wildman–Crippen LogP) is 2.12. The van der Waals surface area contributed by atoms with Gasteiger partial charge in [-0.2, -0.15) is 0 Å². The van der Waals surface area contributed by atoms with Gasteiger partial charge in [0.2, 0.25) is 10.0 Å². The SMILES string of the molecule is CCOCCS(=O)(=O)Nc1c(C)cc(Br)cc1N. The molecule has 0 amide bonds. The van der Waals surface area contributed by atoms with Gasteiger partial charge in [-0.15, -0.1) is 0 Å². The van der Waals surface area contributed by atoms with E-state index in [-0.39, 0.29) is 12.4 Å². The fourth-order valence-corrected chi connectivity index (χ4v) is 3.05. The van der Waals surface area contributed by atoms with Crippen LogP contribution in [0.1, 0.15) is 12.5 Å². The number of halogens is 1. The molecule has 0 heterocycles. The fraction of sp³-hybridized carbons (Fsp3) is 0.455. The molecule has 0 unspecified atom stereocenters. The molecule has 7 heteroatoms. The number of hydrogen-bond acceptors (Lipinski definition) is 4. The Kier molecular flexibility index (Phi) is 5.43. The average molecular weight is 337 g/mol. The highest BCUT2D eigenvalue weighted by atomic mass is 79.9. The maximum Gasteiger partial charge on any atom is 0.235 e. The molecule has 0 fully saturated rings. The first kappa shape index (κ1) is 15.3. The van der Waals surface area contributed by atoms with Crippen LogP contribution in [0.15, 0.2) is 16.6 Å². The highest BCUT2D eigenvalue weighted by Gasteiger charge is 2.14. The van der Waals surface area contributed by atoms with E-state index in [1.165, 1.54) is 0 Å². The van der Waals surface area contributed by atoms with E-state index < -0.39 is 10.0 Å². The summed E-state index contributed by atoms with van der Waals surface area (Å²) in [5, 5.41) is 0. The topological polar surface area (TPSA) is 81.4 Å². The summed E-state index contributed by atoms with van der Waals surface area (Å²) in [5.74, 6) is -0.0875. The fourth-order valence-electron chi connectivity index (χ4n) is 1.43. The minimum Gasteiger partial charge on any atom is -0.397 e. The van der Waals surface area contributed by atoms with E-state index >= 15 is 0 Å². The van der Waals surface area contributed by atoms with Crippen molar-refractivity contribution in [2.45, 2.75) is 13.8 Å². The zero-order valence-corrected chi connectivity index (χ0v) is 12.8. The van der Waals surface area contributed by atoms with Gasteiger partial charge < -0.3 is 10.5 Å². The van der Waals surface area contributed by atoms with Gasteiger partial charge in [0.1, 0.15) is 0 Å². The highest BCUT2D eigenvalue weighted by molar-refractivity contribution is 9.10. The third-order valence-electron chi connectivity index (χ3n) is 2.29. The van der Waals surface area contributed by atoms with Crippen molar-refractivity contribution in [3.63, 3.8) is 0 Å². The monoisotopic (exact) mass is 336 g/mol. The van der Waals surface area contributed by atoms with E-state index in [2.05, 4.69) is 20.7 Å². The summed E-state index contributed by atoms with van der Waals surface area (Å²) >= 11 is 3.30. The second kappa shape index (κ2) is 6.40. The zero-order chi connectivity index (χ0) is 13.8. The number of aryl methyl sites for hydroxylation is 1. The molecular formula is C11H17BrN2O3S. The quantitative estimate of drug-likeness (QED) is 0.615. The van der Waals surface area contributed by atoms with Gasteiger partial charge in [-0.3, -0.25) is 4.72 Å². The van der Waals surface area contributed by atoms with Crippen LogP contribution in [0.5, 0.6) is 0 Å². The molecule has 1 aromatic rings. The summed E-state index contributed by atoms with van der Waals surface area (Å²) in [6.45, 7) is 4.27. The van der Waals surface area contributed by atoms with E-state index in [1.807, 2.05) is 6.92 Å². The number of sulfonamides is 1. The number of nitrogen functional groups attached to an aromatic ring is 1. The molecule has 3 N–H and O–H groups in total. The molecule has 0 saturated heterocycles. The van der Waals surface area contributed by atoms with Crippen LogP contribution in [-0.2, 0) is 14.8 Å². The van der Waals surface area contributed by atoms with E-state index in [4.69, 9.17) is 10.5 Å². The van der Waals surface area contributed by atoms with Crippen LogP contribution in [0.4, 0.5) is 11.4 Å². The molecular weight excluding hydrogens is 320 g/mol. The van der Waals surface area contributed by atoms with Crippen molar-refractivity contribution in [1.29, 1.82) is 0 Å². The average Bonchev–Trinajstić information content (AvgIpc) is 2.23. The Bertz CT molecular complexity index is 494. The van der Waals surface area contributed by atoms with E-state index in [0.29, 0.717) is 18.0 Å². The highest BCUT2D eigenvalue weighted by Crippen LogP contribution is 2.28. The van der Waals surface area contributed by atoms with Crippen molar-refractivity contribution in [2.24, 2.45) is 0 Å². The molecule has 18 heavy (non-hydrogen) atoms. The summed E-state index contributed by atoms with van der Waals surface area (Å²) < 4.78 is 31.9.